The Bertz CT molecular complexity index is 87.8. The van der Waals surface area contributed by atoms with Gasteiger partial charge in [0.15, 0.2) is 0 Å². The fourth-order valence-corrected chi connectivity index (χ4v) is 0.537. The van der Waals surface area contributed by atoms with Crippen molar-refractivity contribution >= 4 is 6.29 Å². The summed E-state index contributed by atoms with van der Waals surface area (Å²) in [5, 5.41) is 0. The first-order valence-electron chi connectivity index (χ1n) is 3.71. The average Bonchev–Trinajstić information content (AvgIpc) is 2.03. The summed E-state index contributed by atoms with van der Waals surface area (Å²) in [6.07, 6.45) is 1.29. The molecule has 4 nitrogen and oxygen atoms in total. The summed E-state index contributed by atoms with van der Waals surface area (Å²) in [4.78, 5) is 9.81. The second-order valence-electron chi connectivity index (χ2n) is 1.97. The van der Waals surface area contributed by atoms with Crippen molar-refractivity contribution in [2.45, 2.75) is 6.42 Å². The van der Waals surface area contributed by atoms with Gasteiger partial charge in [0.25, 0.3) is 0 Å². The lowest BCUT2D eigenvalue weighted by molar-refractivity contribution is -0.108. The highest BCUT2D eigenvalue weighted by molar-refractivity contribution is 5.49. The van der Waals surface area contributed by atoms with Gasteiger partial charge in [0.05, 0.1) is 26.4 Å². The number of hydrogen-bond acceptors (Lipinski definition) is 4. The van der Waals surface area contributed by atoms with Crippen LogP contribution in [0.2, 0.25) is 0 Å². The Morgan fingerprint density at radius 1 is 1.09 bits per heavy atom. The highest BCUT2D eigenvalue weighted by atomic mass is 16.5. The minimum atomic E-state index is 0.455. The summed E-state index contributed by atoms with van der Waals surface area (Å²) in [7, 11) is 0. The van der Waals surface area contributed by atoms with E-state index in [9.17, 15) is 4.79 Å². The van der Waals surface area contributed by atoms with Gasteiger partial charge in [-0.15, -0.1) is 0 Å². The van der Waals surface area contributed by atoms with Crippen LogP contribution >= 0.6 is 0 Å². The Morgan fingerprint density at radius 3 is 2.27 bits per heavy atom. The van der Waals surface area contributed by atoms with Crippen molar-refractivity contribution in [3.05, 3.63) is 0 Å². The number of carbonyl (C=O) groups is 1. The monoisotopic (exact) mass is 161 g/mol. The Hall–Kier alpha value is -0.450. The topological polar surface area (TPSA) is 61.6 Å². The summed E-state index contributed by atoms with van der Waals surface area (Å²) < 4.78 is 10.0. The maximum absolute atomic E-state index is 9.81. The summed E-state index contributed by atoms with van der Waals surface area (Å²) >= 11 is 0. The van der Waals surface area contributed by atoms with Gasteiger partial charge in [0.2, 0.25) is 0 Å². The Morgan fingerprint density at radius 2 is 1.73 bits per heavy atom. The van der Waals surface area contributed by atoms with Crippen molar-refractivity contribution < 1.29 is 14.3 Å². The molecule has 11 heavy (non-hydrogen) atoms. The van der Waals surface area contributed by atoms with Crippen molar-refractivity contribution in [1.82, 2.24) is 0 Å². The molecule has 0 aliphatic heterocycles. The molecule has 0 saturated heterocycles. The third-order valence-corrected chi connectivity index (χ3v) is 1.01. The average molecular weight is 161 g/mol. The van der Waals surface area contributed by atoms with Crippen LogP contribution in [0.3, 0.4) is 0 Å². The third-order valence-electron chi connectivity index (χ3n) is 1.01. The van der Waals surface area contributed by atoms with E-state index in [2.05, 4.69) is 0 Å². The van der Waals surface area contributed by atoms with E-state index in [1.807, 2.05) is 0 Å². The molecule has 0 heterocycles. The van der Waals surface area contributed by atoms with E-state index in [0.717, 1.165) is 6.29 Å². The second-order valence-corrected chi connectivity index (χ2v) is 1.97. The molecule has 0 unspecified atom stereocenters. The van der Waals surface area contributed by atoms with Crippen molar-refractivity contribution in [1.29, 1.82) is 0 Å². The fourth-order valence-electron chi connectivity index (χ4n) is 0.537. The molecule has 0 radical (unpaired) electrons. The zero-order valence-corrected chi connectivity index (χ0v) is 6.62. The number of hydrogen-bond donors (Lipinski definition) is 1. The van der Waals surface area contributed by atoms with E-state index in [1.54, 1.807) is 0 Å². The van der Waals surface area contributed by atoms with Gasteiger partial charge in [0.1, 0.15) is 6.29 Å². The van der Waals surface area contributed by atoms with Gasteiger partial charge in [-0.1, -0.05) is 0 Å². The predicted molar refractivity (Wildman–Crippen MR) is 41.4 cm³/mol. The van der Waals surface area contributed by atoms with Crippen LogP contribution in [0.25, 0.3) is 0 Å². The quantitative estimate of drug-likeness (QED) is 0.387. The molecule has 0 amide bonds. The Kier molecular flexibility index (Phi) is 9.16. The van der Waals surface area contributed by atoms with E-state index in [0.29, 0.717) is 39.4 Å². The van der Waals surface area contributed by atoms with Crippen molar-refractivity contribution in [2.24, 2.45) is 5.73 Å². The zero-order valence-electron chi connectivity index (χ0n) is 6.62. The standard InChI is InChI=1S/C7H15NO3/c8-2-5-11-7-6-10-4-1-3-9/h3H,1-2,4-8H2. The maximum atomic E-state index is 9.81. The van der Waals surface area contributed by atoms with Crippen molar-refractivity contribution in [3.63, 3.8) is 0 Å². The second kappa shape index (κ2) is 9.55. The van der Waals surface area contributed by atoms with Gasteiger partial charge in [-0.05, 0) is 0 Å². The lowest BCUT2D eigenvalue weighted by Gasteiger charge is -2.02. The van der Waals surface area contributed by atoms with Gasteiger partial charge in [-0.3, -0.25) is 0 Å². The number of nitrogens with two attached hydrogens (primary N) is 1. The highest BCUT2D eigenvalue weighted by Crippen LogP contribution is 1.79. The van der Waals surface area contributed by atoms with Crippen LogP contribution in [0.1, 0.15) is 6.42 Å². The van der Waals surface area contributed by atoms with Crippen LogP contribution < -0.4 is 5.73 Å². The molecular formula is C7H15NO3. The molecular weight excluding hydrogens is 146 g/mol. The molecule has 0 rings (SSSR count). The minimum absolute atomic E-state index is 0.455. The Labute approximate surface area is 66.7 Å². The number of ether oxygens (including phenoxy) is 2. The normalized spacial score (nSPS) is 9.91. The molecule has 0 aliphatic rings. The lowest BCUT2D eigenvalue weighted by atomic mass is 10.5. The fraction of sp³-hybridized carbons (Fsp3) is 0.857. The lowest BCUT2D eigenvalue weighted by Crippen LogP contribution is -2.12. The molecule has 0 aliphatic carbocycles. The zero-order chi connectivity index (χ0) is 8.36. The summed E-state index contributed by atoms with van der Waals surface area (Å²) in [6, 6.07) is 0. The summed E-state index contributed by atoms with van der Waals surface area (Å²) in [5.41, 5.74) is 5.18. The predicted octanol–water partition coefficient (Wildman–Crippen LogP) is -0.433. The van der Waals surface area contributed by atoms with E-state index in [4.69, 9.17) is 15.2 Å². The third kappa shape index (κ3) is 9.55. The smallest absolute Gasteiger partial charge is 0.122 e. The van der Waals surface area contributed by atoms with E-state index >= 15 is 0 Å². The largest absolute Gasteiger partial charge is 0.379 e. The molecule has 4 heteroatoms. The van der Waals surface area contributed by atoms with Crippen LogP contribution in [-0.2, 0) is 14.3 Å². The molecule has 0 saturated carbocycles. The first kappa shape index (κ1) is 10.6. The number of carbonyl (C=O) groups excluding carboxylic acids is 1. The number of rotatable bonds is 8. The molecule has 0 aromatic heterocycles. The van der Waals surface area contributed by atoms with Crippen LogP contribution in [-0.4, -0.2) is 39.3 Å². The van der Waals surface area contributed by atoms with Crippen LogP contribution in [0, 0.1) is 0 Å². The van der Waals surface area contributed by atoms with Gasteiger partial charge in [-0.25, -0.2) is 0 Å². The SMILES string of the molecule is NCCOCCOCCC=O. The van der Waals surface area contributed by atoms with Crippen LogP contribution in [0.4, 0.5) is 0 Å². The molecule has 0 atom stereocenters. The van der Waals surface area contributed by atoms with Crippen molar-refractivity contribution in [2.75, 3.05) is 33.0 Å². The molecule has 0 aromatic carbocycles. The number of aldehydes is 1. The molecule has 0 aromatic rings. The molecule has 0 spiro atoms. The molecule has 0 fully saturated rings. The highest BCUT2D eigenvalue weighted by Gasteiger charge is 1.87. The summed E-state index contributed by atoms with van der Waals surface area (Å²) in [5.74, 6) is 0. The van der Waals surface area contributed by atoms with Crippen molar-refractivity contribution in [3.8, 4) is 0 Å². The van der Waals surface area contributed by atoms with E-state index in [-0.39, 0.29) is 0 Å². The maximum Gasteiger partial charge on any atom is 0.122 e. The van der Waals surface area contributed by atoms with Crippen LogP contribution in [0.15, 0.2) is 0 Å². The molecule has 0 bridgehead atoms. The summed E-state index contributed by atoms with van der Waals surface area (Å²) in [6.45, 7) is 2.67. The first-order chi connectivity index (χ1) is 5.41. The van der Waals surface area contributed by atoms with Gasteiger partial charge >= 0.3 is 0 Å². The minimum Gasteiger partial charge on any atom is -0.379 e. The molecule has 2 N–H and O–H groups in total. The Balaban J connectivity index is 2.74. The van der Waals surface area contributed by atoms with Crippen LogP contribution in [0.5, 0.6) is 0 Å². The first-order valence-corrected chi connectivity index (χ1v) is 3.71. The molecule has 66 valence electrons. The van der Waals surface area contributed by atoms with E-state index in [1.165, 1.54) is 0 Å². The van der Waals surface area contributed by atoms with Gasteiger partial charge < -0.3 is 20.0 Å². The van der Waals surface area contributed by atoms with Gasteiger partial charge in [0, 0.05) is 13.0 Å². The van der Waals surface area contributed by atoms with Gasteiger partial charge in [-0.2, -0.15) is 0 Å². The van der Waals surface area contributed by atoms with E-state index < -0.39 is 0 Å².